The third-order valence-electron chi connectivity index (χ3n) is 26.1. The Hall–Kier alpha value is -12.2. The highest BCUT2D eigenvalue weighted by molar-refractivity contribution is 6.66. The van der Waals surface area contributed by atoms with E-state index in [9.17, 15) is 0 Å². The number of hydrogen-bond acceptors (Lipinski definition) is 12. The van der Waals surface area contributed by atoms with Crippen LogP contribution in [0.2, 0.25) is 0 Å². The number of fused-ring (bicyclic) bond motifs is 21. The van der Waals surface area contributed by atoms with Gasteiger partial charge in [-0.25, -0.2) is 0 Å². The third-order valence-corrected chi connectivity index (χ3v) is 26.1. The maximum Gasteiger partial charge on any atom is 0.498 e. The quantitative estimate of drug-likeness (QED) is 0.147. The number of rotatable bonds is 6. The molecule has 570 valence electrons. The predicted octanol–water partition coefficient (Wildman–Crippen LogP) is 25.8. The van der Waals surface area contributed by atoms with Crippen molar-refractivity contribution in [3.8, 4) is 33.4 Å². The predicted molar refractivity (Wildman–Crippen MR) is 479 cm³/mol. The summed E-state index contributed by atoms with van der Waals surface area (Å²) in [7, 11) is -1.39. The summed E-state index contributed by atoms with van der Waals surface area (Å²) in [5, 5.41) is 20.2. The second kappa shape index (κ2) is 25.7. The van der Waals surface area contributed by atoms with Gasteiger partial charge in [-0.2, -0.15) is 0 Å². The van der Waals surface area contributed by atoms with Crippen LogP contribution in [-0.2, 0) is 27.9 Å². The molecular weight excluding hydrogens is 1450 g/mol. The Morgan fingerprint density at radius 1 is 0.197 bits per heavy atom. The fourth-order valence-corrected chi connectivity index (χ4v) is 17.6. The van der Waals surface area contributed by atoms with Gasteiger partial charge < -0.3 is 54.4 Å². The first-order valence-corrected chi connectivity index (χ1v) is 40.3. The van der Waals surface area contributed by atoms with E-state index in [4.69, 9.17) is 54.4 Å². The minimum Gasteiger partial charge on any atom is -0.456 e. The molecule has 0 bridgehead atoms. The molecule has 3 aliphatic heterocycles. The van der Waals surface area contributed by atoms with Crippen LogP contribution in [0.1, 0.15) is 83.1 Å². The summed E-state index contributed by atoms with van der Waals surface area (Å²) in [6.07, 6.45) is 0. The van der Waals surface area contributed by atoms with Crippen molar-refractivity contribution < 1.29 is 54.4 Å². The van der Waals surface area contributed by atoms with Crippen molar-refractivity contribution in [3.63, 3.8) is 0 Å². The Labute approximate surface area is 675 Å². The first-order valence-electron chi connectivity index (χ1n) is 40.3. The van der Waals surface area contributed by atoms with Crippen molar-refractivity contribution >= 4 is 202 Å². The zero-order valence-corrected chi connectivity index (χ0v) is 67.1. The molecule has 117 heavy (non-hydrogen) atoms. The van der Waals surface area contributed by atoms with E-state index in [2.05, 4.69) is 320 Å². The molecule has 0 amide bonds. The van der Waals surface area contributed by atoms with Crippen LogP contribution < -0.4 is 16.4 Å². The van der Waals surface area contributed by atoms with Crippen molar-refractivity contribution in [1.82, 2.24) is 0 Å². The Morgan fingerprint density at radius 2 is 0.581 bits per heavy atom. The highest BCUT2D eigenvalue weighted by atomic mass is 16.7. The average Bonchev–Trinajstić information content (AvgIpc) is 1.60. The molecule has 12 nitrogen and oxygen atoms in total. The first-order chi connectivity index (χ1) is 56.3. The van der Waals surface area contributed by atoms with Crippen molar-refractivity contribution in [3.05, 3.63) is 273 Å². The van der Waals surface area contributed by atoms with Gasteiger partial charge in [0.1, 0.15) is 67.0 Å². The molecule has 0 N–H and O–H groups in total. The van der Waals surface area contributed by atoms with E-state index in [-0.39, 0.29) is 11.2 Å². The molecule has 0 atom stereocenters. The summed E-state index contributed by atoms with van der Waals surface area (Å²) >= 11 is 0. The molecule has 15 aromatic carbocycles. The molecule has 9 heterocycles. The van der Waals surface area contributed by atoms with E-state index in [1.807, 2.05) is 36.4 Å². The summed E-state index contributed by atoms with van der Waals surface area (Å²) < 4.78 is 76.5. The first kappa shape index (κ1) is 71.4. The molecule has 3 aliphatic rings. The molecule has 0 aliphatic carbocycles. The number of para-hydroxylation sites is 4. The van der Waals surface area contributed by atoms with Gasteiger partial charge in [0, 0.05) is 81.2 Å². The van der Waals surface area contributed by atoms with Gasteiger partial charge in [0.15, 0.2) is 0 Å². The van der Waals surface area contributed by atoms with E-state index < -0.39 is 43.8 Å². The third kappa shape index (κ3) is 11.4. The summed E-state index contributed by atoms with van der Waals surface area (Å²) in [4.78, 5) is 0. The number of hydrogen-bond donors (Lipinski definition) is 0. The molecule has 0 radical (unpaired) electrons. The van der Waals surface area contributed by atoms with Gasteiger partial charge in [0.25, 0.3) is 0 Å². The van der Waals surface area contributed by atoms with Gasteiger partial charge in [-0.05, 0) is 240 Å². The normalized spacial score (nSPS) is 16.9. The SMILES string of the molecule is CC1(C)OB(c2ccc3c(c2)oc2ccc(-c4ccc5oc6cc7ccccc7cc6c5c4)cc23)OC1(C)C.CC1(C)OB(c2cccc3c2oc2c(-c4cccc5cc6c(cc45)oc4ccccc46)cccc23)OC1(C)C.CC1(C)OB(c2cccc3oc4c(-c5ccc6c(c5)oc5cc7ccccc7cc56)cccc4c23)OC1(C)C. The Kier molecular flexibility index (Phi) is 15.7. The molecule has 0 spiro atoms. The van der Waals surface area contributed by atoms with Crippen molar-refractivity contribution in [2.24, 2.45) is 0 Å². The maximum atomic E-state index is 6.72. The van der Waals surface area contributed by atoms with Gasteiger partial charge in [-0.1, -0.05) is 182 Å². The van der Waals surface area contributed by atoms with Crippen LogP contribution in [0.15, 0.2) is 299 Å². The van der Waals surface area contributed by atoms with Gasteiger partial charge in [-0.3, -0.25) is 0 Å². The standard InChI is InChI=1S/3C34H27BO4/c1-33(2)34(3,4)39-35(38-33)28-16-9-15-25-24-14-8-13-23(31(24)37-32(25)28)21-12-7-10-20-18-27-22-11-5-6-17-29(22)36-30(27)19-26(20)21;1-33(2)34(3,4)39-35(38-33)27-13-8-14-28-31(27)25-12-7-11-23(32(25)37-28)22-15-16-24-26-17-20-9-5-6-10-21(20)18-30(26)36-29(24)19-22;1-33(2)34(3,4)39-35(38-33)24-11-12-25-26-16-22(9-13-29(26)37-32(25)19-24)23-10-14-30-27(17-23)28-15-20-7-5-6-8-21(20)18-31(28)36-30/h3*5-19H,1-4H3. The molecule has 21 aromatic rings. The lowest BCUT2D eigenvalue weighted by atomic mass is 9.76. The van der Waals surface area contributed by atoms with Crippen LogP contribution in [0.25, 0.3) is 197 Å². The zero-order chi connectivity index (χ0) is 79.6. The van der Waals surface area contributed by atoms with E-state index >= 15 is 0 Å². The molecular formula is C102H81B3O12. The Morgan fingerprint density at radius 3 is 1.21 bits per heavy atom. The zero-order valence-electron chi connectivity index (χ0n) is 67.1. The Balaban J connectivity index is 0.000000106. The molecule has 3 saturated heterocycles. The fraction of sp³-hybridized carbons (Fsp3) is 0.176. The van der Waals surface area contributed by atoms with Crippen molar-refractivity contribution in [2.75, 3.05) is 0 Å². The highest BCUT2D eigenvalue weighted by Crippen LogP contribution is 2.47. The van der Waals surface area contributed by atoms with E-state index in [1.54, 1.807) is 0 Å². The monoisotopic (exact) mass is 1530 g/mol. The topological polar surface area (TPSA) is 134 Å². The van der Waals surface area contributed by atoms with Crippen LogP contribution in [0.4, 0.5) is 0 Å². The van der Waals surface area contributed by atoms with Gasteiger partial charge in [0.05, 0.1) is 33.6 Å². The lowest BCUT2D eigenvalue weighted by Crippen LogP contribution is -2.41. The van der Waals surface area contributed by atoms with Crippen LogP contribution >= 0.6 is 0 Å². The number of benzene rings is 15. The van der Waals surface area contributed by atoms with Gasteiger partial charge >= 0.3 is 21.4 Å². The van der Waals surface area contributed by atoms with Crippen molar-refractivity contribution in [2.45, 2.75) is 117 Å². The molecule has 0 saturated carbocycles. The van der Waals surface area contributed by atoms with Gasteiger partial charge in [0.2, 0.25) is 0 Å². The van der Waals surface area contributed by atoms with E-state index in [0.717, 1.165) is 192 Å². The van der Waals surface area contributed by atoms with Crippen molar-refractivity contribution in [1.29, 1.82) is 0 Å². The average molecular weight is 1530 g/mol. The molecule has 24 rings (SSSR count). The molecule has 15 heteroatoms. The lowest BCUT2D eigenvalue weighted by molar-refractivity contribution is 0.00578. The van der Waals surface area contributed by atoms with Crippen LogP contribution in [0, 0.1) is 0 Å². The van der Waals surface area contributed by atoms with E-state index in [0.29, 0.717) is 0 Å². The summed E-state index contributed by atoms with van der Waals surface area (Å²) in [6, 6.07) is 95.0. The highest BCUT2D eigenvalue weighted by Gasteiger charge is 2.55. The maximum absolute atomic E-state index is 6.72. The Bertz CT molecular complexity index is 7680. The van der Waals surface area contributed by atoms with Crippen LogP contribution in [0.5, 0.6) is 0 Å². The second-order valence-electron chi connectivity index (χ2n) is 34.8. The minimum absolute atomic E-state index is 0.385. The summed E-state index contributed by atoms with van der Waals surface area (Å²) in [5.74, 6) is 0. The number of furan rings is 6. The van der Waals surface area contributed by atoms with Gasteiger partial charge in [-0.15, -0.1) is 0 Å². The molecule has 6 aromatic heterocycles. The van der Waals surface area contributed by atoms with E-state index in [1.165, 1.54) is 21.5 Å². The van der Waals surface area contributed by atoms with Crippen LogP contribution in [0.3, 0.4) is 0 Å². The second-order valence-corrected chi connectivity index (χ2v) is 34.8. The minimum atomic E-state index is -0.498. The smallest absolute Gasteiger partial charge is 0.456 e. The largest absolute Gasteiger partial charge is 0.498 e. The fourth-order valence-electron chi connectivity index (χ4n) is 17.6. The van der Waals surface area contributed by atoms with Crippen LogP contribution in [-0.4, -0.2) is 55.0 Å². The molecule has 3 fully saturated rings. The lowest BCUT2D eigenvalue weighted by Gasteiger charge is -2.32. The summed E-state index contributed by atoms with van der Waals surface area (Å²) in [6.45, 7) is 24.9. The molecule has 0 unspecified atom stereocenters. The summed E-state index contributed by atoms with van der Waals surface area (Å²) in [5.41, 5.74) is 17.3.